The molecule has 0 saturated carbocycles. The van der Waals surface area contributed by atoms with Gasteiger partial charge >= 0.3 is 0 Å². The molecule has 0 nitrogen and oxygen atoms in total. The van der Waals surface area contributed by atoms with Gasteiger partial charge in [0.1, 0.15) is 0 Å². The van der Waals surface area contributed by atoms with E-state index >= 15 is 0 Å². The van der Waals surface area contributed by atoms with E-state index in [0.29, 0.717) is 0 Å². The van der Waals surface area contributed by atoms with E-state index < -0.39 is 5.92 Å². The van der Waals surface area contributed by atoms with E-state index in [9.17, 15) is 0 Å². The third-order valence-corrected chi connectivity index (χ3v) is 33.0. The maximum atomic E-state index is 2.84. The Bertz CT molecular complexity index is 10100. The van der Waals surface area contributed by atoms with Crippen molar-refractivity contribution in [1.82, 2.24) is 0 Å². The molecular weight excluding hydrogens is 1710 g/mol. The van der Waals surface area contributed by atoms with Crippen molar-refractivity contribution in [1.29, 1.82) is 0 Å². The zero-order valence-electron chi connectivity index (χ0n) is 77.0. The highest BCUT2D eigenvalue weighted by molar-refractivity contribution is 7.08. The van der Waals surface area contributed by atoms with Crippen LogP contribution < -0.4 is 0 Å². The minimum absolute atomic E-state index is 0.253. The number of allylic oxidation sites excluding steroid dienone is 16. The number of thiophene rings is 1. The van der Waals surface area contributed by atoms with Crippen LogP contribution in [0.15, 0.2) is 483 Å². The van der Waals surface area contributed by atoms with Crippen molar-refractivity contribution in [3.05, 3.63) is 538 Å². The molecule has 0 bridgehead atoms. The Morgan fingerprint density at radius 3 is 1.49 bits per heavy atom. The van der Waals surface area contributed by atoms with E-state index in [1.54, 1.807) is 11.3 Å². The van der Waals surface area contributed by atoms with Crippen molar-refractivity contribution in [3.8, 4) is 89.0 Å². The molecule has 0 aliphatic heterocycles. The minimum Gasteiger partial charge on any atom is -0.152 e. The van der Waals surface area contributed by atoms with Crippen LogP contribution >= 0.6 is 11.3 Å². The van der Waals surface area contributed by atoms with Gasteiger partial charge in [0.2, 0.25) is 0 Å². The Kier molecular flexibility index (Phi) is 17.0. The van der Waals surface area contributed by atoms with Gasteiger partial charge in [0, 0.05) is 11.8 Å². The zero-order valence-corrected chi connectivity index (χ0v) is 77.8. The Balaban J connectivity index is 0.841. The van der Waals surface area contributed by atoms with Crippen LogP contribution in [0.1, 0.15) is 80.3 Å². The maximum Gasteiger partial charge on any atom is 0.0371 e. The van der Waals surface area contributed by atoms with Gasteiger partial charge in [-0.15, -0.1) is 0 Å². The molecule has 7 aliphatic carbocycles. The lowest BCUT2D eigenvalue weighted by Gasteiger charge is -2.30. The highest BCUT2D eigenvalue weighted by atomic mass is 32.1. The fourth-order valence-corrected chi connectivity index (χ4v) is 27.0. The van der Waals surface area contributed by atoms with Gasteiger partial charge in [-0.2, -0.15) is 11.3 Å². The van der Waals surface area contributed by atoms with Crippen LogP contribution in [0.4, 0.5) is 0 Å². The largest absolute Gasteiger partial charge is 0.152 e. The van der Waals surface area contributed by atoms with Crippen LogP contribution in [0.2, 0.25) is 0 Å². The van der Waals surface area contributed by atoms with Crippen LogP contribution in [0, 0.1) is 0 Å². The Morgan fingerprint density at radius 2 is 0.745 bits per heavy atom. The number of fused-ring (bicyclic) bond motifs is 27. The first-order valence-corrected chi connectivity index (χ1v) is 50.6. The van der Waals surface area contributed by atoms with E-state index in [0.717, 1.165) is 18.4 Å². The first kappa shape index (κ1) is 78.7. The summed E-state index contributed by atoms with van der Waals surface area (Å²) in [5.41, 5.74) is 42.2. The summed E-state index contributed by atoms with van der Waals surface area (Å²) in [6, 6.07) is 156. The summed E-state index contributed by atoms with van der Waals surface area (Å²) >= 11 is 1.80. The van der Waals surface area contributed by atoms with Gasteiger partial charge in [-0.1, -0.05) is 407 Å². The highest BCUT2D eigenvalue weighted by Gasteiger charge is 2.48. The SMILES string of the molecule is C1=CC2=C(c3c(C4C=CC5=Cc6ccccc6C5=C4)cc4c(c3-c3cc5c(-c6ccc(-c7cccc8c7ccc7ccccc78)c7ccc8ccccc8c67)cccc5c5ccccc35)-c3c(-c5ccc6cc7ccccc7cc6c5)c(-c5c6ccccc6cc6ccccc56)c(-c5cccc6cc7ccccc7cc56)c(-c5ccsc5)c3C4C3=C4C=CCC=C4c4ccccc43)c3ccccc3C2=CC1. The van der Waals surface area contributed by atoms with Crippen LogP contribution in [0.3, 0.4) is 0 Å². The van der Waals surface area contributed by atoms with Crippen LogP contribution in [0.25, 0.3) is 252 Å². The number of benzene rings is 23. The van der Waals surface area contributed by atoms with E-state index in [4.69, 9.17) is 0 Å². The van der Waals surface area contributed by atoms with E-state index in [1.807, 2.05) is 0 Å². The summed E-state index contributed by atoms with van der Waals surface area (Å²) in [4.78, 5) is 0. The topological polar surface area (TPSA) is 0 Å². The third-order valence-electron chi connectivity index (χ3n) is 32.3. The molecule has 0 fully saturated rings. The molecule has 0 spiro atoms. The quantitative estimate of drug-likeness (QED) is 0.0946. The molecule has 0 N–H and O–H groups in total. The van der Waals surface area contributed by atoms with Gasteiger partial charge in [0.05, 0.1) is 0 Å². The first-order valence-electron chi connectivity index (χ1n) is 49.7. The molecule has 1 heterocycles. The summed E-state index contributed by atoms with van der Waals surface area (Å²) in [7, 11) is 0. The van der Waals surface area contributed by atoms with Crippen LogP contribution in [-0.2, 0) is 0 Å². The zero-order chi connectivity index (χ0) is 91.9. The fraction of sp³-hybridized carbons (Fsp3) is 0.0286. The number of rotatable bonds is 10. The monoisotopic (exact) mass is 1800 g/mol. The number of hydrogen-bond acceptors (Lipinski definition) is 1. The summed E-state index contributed by atoms with van der Waals surface area (Å²) in [6.45, 7) is 0. The summed E-state index contributed by atoms with van der Waals surface area (Å²) in [5, 5.41) is 33.9. The lowest BCUT2D eigenvalue weighted by Crippen LogP contribution is -2.09. The van der Waals surface area contributed by atoms with Gasteiger partial charge in [0.25, 0.3) is 0 Å². The second-order valence-corrected chi connectivity index (χ2v) is 40.2. The second kappa shape index (κ2) is 30.5. The molecule has 23 aromatic carbocycles. The summed E-state index contributed by atoms with van der Waals surface area (Å²) in [5.74, 6) is -0.684. The van der Waals surface area contributed by atoms with E-state index in [2.05, 4.69) is 472 Å². The van der Waals surface area contributed by atoms with E-state index in [1.165, 1.54) is 313 Å². The summed E-state index contributed by atoms with van der Waals surface area (Å²) in [6.07, 6.45) is 26.8. The van der Waals surface area contributed by atoms with Gasteiger partial charge in [-0.05, 0) is 397 Å². The van der Waals surface area contributed by atoms with Gasteiger partial charge in [-0.3, -0.25) is 0 Å². The molecule has 31 rings (SSSR count). The van der Waals surface area contributed by atoms with Crippen molar-refractivity contribution >= 4 is 175 Å². The predicted molar refractivity (Wildman–Crippen MR) is 603 cm³/mol. The van der Waals surface area contributed by atoms with E-state index in [-0.39, 0.29) is 5.92 Å². The molecule has 650 valence electrons. The average Bonchev–Trinajstić information content (AvgIpc) is 1.51. The molecule has 7 aliphatic rings. The fourth-order valence-electron chi connectivity index (χ4n) is 26.4. The van der Waals surface area contributed by atoms with Crippen molar-refractivity contribution in [2.24, 2.45) is 0 Å². The Morgan fingerprint density at radius 1 is 0.241 bits per heavy atom. The second-order valence-electron chi connectivity index (χ2n) is 39.4. The molecule has 141 heavy (non-hydrogen) atoms. The Labute approximate surface area is 820 Å². The van der Waals surface area contributed by atoms with Gasteiger partial charge in [0.15, 0.2) is 0 Å². The van der Waals surface area contributed by atoms with Crippen molar-refractivity contribution < 1.29 is 0 Å². The number of hydrogen-bond donors (Lipinski definition) is 0. The highest BCUT2D eigenvalue weighted by Crippen LogP contribution is 2.70. The smallest absolute Gasteiger partial charge is 0.0371 e. The van der Waals surface area contributed by atoms with Crippen molar-refractivity contribution in [2.45, 2.75) is 24.7 Å². The molecule has 24 aromatic rings. The van der Waals surface area contributed by atoms with Crippen molar-refractivity contribution in [3.63, 3.8) is 0 Å². The molecule has 2 unspecified atom stereocenters. The molecule has 1 heteroatoms. The third kappa shape index (κ3) is 11.6. The van der Waals surface area contributed by atoms with Gasteiger partial charge in [-0.25, -0.2) is 0 Å². The predicted octanol–water partition coefficient (Wildman–Crippen LogP) is 38.5. The standard InChI is InChI=1S/C140H84S/c1-2-32-85-72-96-75-94(61-58-87(96)70-83(85)30-1)127-138(130-100-41-13-8-35-89(100)74-90-36-9-14-42-101(90)130)133(118-57-25-37-91-71-84-31-3-4-33-86(84)76-122(91)118)128(95-68-69-141-80-95)140-136(132-116-51-23-19-46-107(116)108-47-20-24-52-117(108)132)126-78-123(93-60-59-92-73-88-34-7-11-39-98(88)121(92)77-93)134(131-114-49-21-17-44-105(114)106-45-18-22-50-115(106)131)135(137(126)139(127)140)125-79-124-109(103-43-15-16-48-110(103)125)55-27-56-111(124)120-67-66-113(119-65-63-82-29-6-12-40-99(82)129(119)120)104-54-26-53-102-97-38-10-5-28-81(97)62-64-112(102)104/h1-17,19,21-80,93,136H,18,20H2. The first-order chi connectivity index (χ1) is 70.0. The molecule has 0 radical (unpaired) electrons. The van der Waals surface area contributed by atoms with Crippen molar-refractivity contribution in [2.75, 3.05) is 0 Å². The minimum atomic E-state index is -0.431. The average molecular weight is 1800 g/mol. The summed E-state index contributed by atoms with van der Waals surface area (Å²) < 4.78 is 0. The van der Waals surface area contributed by atoms with Crippen LogP contribution in [0.5, 0.6) is 0 Å². The molecule has 2 atom stereocenters. The molecule has 0 amide bonds. The molecule has 0 saturated heterocycles. The normalized spacial score (nSPS) is 15.3. The Hall–Kier alpha value is -17.5. The lowest BCUT2D eigenvalue weighted by atomic mass is 9.72. The molecule has 1 aromatic heterocycles. The van der Waals surface area contributed by atoms with Gasteiger partial charge < -0.3 is 0 Å². The van der Waals surface area contributed by atoms with Crippen LogP contribution in [-0.4, -0.2) is 0 Å². The molecular formula is C140H84S. The maximum absolute atomic E-state index is 2.84. The lowest BCUT2D eigenvalue weighted by molar-refractivity contribution is 1.03.